The number of carbonyl (C=O) groups is 1. The molecule has 1 aliphatic carbocycles. The van der Waals surface area contributed by atoms with Gasteiger partial charge in [-0.2, -0.15) is 5.10 Å². The van der Waals surface area contributed by atoms with Crippen molar-refractivity contribution >= 4 is 11.6 Å². The molecule has 6 heteroatoms. The molecular weight excluding hydrogens is 319 g/mol. The summed E-state index contributed by atoms with van der Waals surface area (Å²) in [4.78, 5) is 16.8. The van der Waals surface area contributed by atoms with Gasteiger partial charge in [0.05, 0.1) is 0 Å². The number of hydrogen-bond acceptors (Lipinski definition) is 3. The van der Waals surface area contributed by atoms with E-state index in [1.165, 1.54) is 31.0 Å². The Kier molecular flexibility index (Phi) is 3.80. The fourth-order valence-electron chi connectivity index (χ4n) is 2.63. The number of nitrogens with one attached hydrogen (secondary N) is 2. The third-order valence-electron chi connectivity index (χ3n) is 4.29. The first-order chi connectivity index (χ1) is 12.1. The van der Waals surface area contributed by atoms with Gasteiger partial charge in [-0.1, -0.05) is 0 Å². The van der Waals surface area contributed by atoms with Crippen LogP contribution in [0.25, 0.3) is 11.4 Å². The van der Waals surface area contributed by atoms with Crippen molar-refractivity contribution in [2.24, 2.45) is 0 Å². The fourth-order valence-corrected chi connectivity index (χ4v) is 2.63. The summed E-state index contributed by atoms with van der Waals surface area (Å²) in [6, 6.07) is 11.6. The van der Waals surface area contributed by atoms with Crippen LogP contribution in [0.1, 0.15) is 40.5 Å². The Balaban J connectivity index is 1.47. The van der Waals surface area contributed by atoms with Crippen LogP contribution < -0.4 is 5.32 Å². The van der Waals surface area contributed by atoms with Crippen molar-refractivity contribution in [3.05, 3.63) is 65.2 Å². The van der Waals surface area contributed by atoms with Gasteiger partial charge >= 0.3 is 0 Å². The highest BCUT2D eigenvalue weighted by atomic mass is 19.1. The lowest BCUT2D eigenvalue weighted by Crippen LogP contribution is -2.12. The van der Waals surface area contributed by atoms with Crippen molar-refractivity contribution in [2.75, 3.05) is 5.32 Å². The molecule has 0 unspecified atom stereocenters. The topological polar surface area (TPSA) is 70.7 Å². The number of aryl methyl sites for hydroxylation is 1. The van der Waals surface area contributed by atoms with Gasteiger partial charge in [-0.05, 0) is 67.8 Å². The van der Waals surface area contributed by atoms with E-state index in [1.54, 1.807) is 19.1 Å². The van der Waals surface area contributed by atoms with Gasteiger partial charge in [-0.25, -0.2) is 9.37 Å². The van der Waals surface area contributed by atoms with E-state index in [-0.39, 0.29) is 11.7 Å². The second-order valence-electron chi connectivity index (χ2n) is 6.31. The third-order valence-corrected chi connectivity index (χ3v) is 4.29. The first-order valence-corrected chi connectivity index (χ1v) is 8.20. The molecule has 2 aromatic carbocycles. The number of benzene rings is 2. The second-order valence-corrected chi connectivity index (χ2v) is 6.31. The zero-order valence-corrected chi connectivity index (χ0v) is 13.7. The number of rotatable bonds is 4. The minimum absolute atomic E-state index is 0.273. The Morgan fingerprint density at radius 3 is 2.64 bits per heavy atom. The van der Waals surface area contributed by atoms with Gasteiger partial charge in [0.1, 0.15) is 11.6 Å². The second kappa shape index (κ2) is 6.12. The fraction of sp³-hybridized carbons (Fsp3) is 0.211. The number of anilines is 1. The molecule has 1 aromatic heterocycles. The molecule has 0 bridgehead atoms. The van der Waals surface area contributed by atoms with Crippen molar-refractivity contribution in [3.8, 4) is 11.4 Å². The van der Waals surface area contributed by atoms with Gasteiger partial charge in [-0.3, -0.25) is 9.89 Å². The number of amides is 1. The molecular formula is C19H17FN4O. The van der Waals surface area contributed by atoms with E-state index < -0.39 is 0 Å². The van der Waals surface area contributed by atoms with Gasteiger partial charge in [0.15, 0.2) is 5.82 Å². The Morgan fingerprint density at radius 2 is 1.96 bits per heavy atom. The van der Waals surface area contributed by atoms with Crippen molar-refractivity contribution < 1.29 is 9.18 Å². The summed E-state index contributed by atoms with van der Waals surface area (Å²) in [6.45, 7) is 1.63. The maximum atomic E-state index is 13.3. The molecule has 5 nitrogen and oxygen atoms in total. The number of H-pyrrole nitrogens is 1. The molecule has 0 aliphatic heterocycles. The lowest BCUT2D eigenvalue weighted by molar-refractivity contribution is 0.102. The number of halogens is 1. The maximum Gasteiger partial charge on any atom is 0.255 e. The highest BCUT2D eigenvalue weighted by molar-refractivity contribution is 6.04. The summed E-state index contributed by atoms with van der Waals surface area (Å²) in [6.07, 6.45) is 2.34. The van der Waals surface area contributed by atoms with E-state index >= 15 is 0 Å². The normalized spacial score (nSPS) is 13.7. The van der Waals surface area contributed by atoms with Crippen LogP contribution in [-0.4, -0.2) is 21.1 Å². The summed E-state index contributed by atoms with van der Waals surface area (Å²) in [5.41, 5.74) is 2.41. The SMILES string of the molecule is Cc1cc(C(=O)Nc2ccc(-c3n[nH]c(C4CC4)n3)cc2)ccc1F. The average Bonchev–Trinajstić information content (AvgIpc) is 3.35. The van der Waals surface area contributed by atoms with E-state index in [1.807, 2.05) is 12.1 Å². The van der Waals surface area contributed by atoms with E-state index in [4.69, 9.17) is 0 Å². The maximum absolute atomic E-state index is 13.3. The Morgan fingerprint density at radius 1 is 1.20 bits per heavy atom. The molecule has 0 radical (unpaired) electrons. The van der Waals surface area contributed by atoms with Crippen LogP contribution in [0.5, 0.6) is 0 Å². The Hall–Kier alpha value is -3.02. The zero-order valence-electron chi connectivity index (χ0n) is 13.7. The number of nitrogens with zero attached hydrogens (tertiary/aromatic N) is 2. The molecule has 0 saturated heterocycles. The molecule has 25 heavy (non-hydrogen) atoms. The monoisotopic (exact) mass is 336 g/mol. The highest BCUT2D eigenvalue weighted by Gasteiger charge is 2.27. The predicted molar refractivity (Wildman–Crippen MR) is 92.9 cm³/mol. The van der Waals surface area contributed by atoms with Crippen molar-refractivity contribution in [1.82, 2.24) is 15.2 Å². The minimum Gasteiger partial charge on any atom is -0.322 e. The predicted octanol–water partition coefficient (Wildman–Crippen LogP) is 4.05. The molecule has 1 aliphatic rings. The lowest BCUT2D eigenvalue weighted by Gasteiger charge is -2.07. The van der Waals surface area contributed by atoms with E-state index in [9.17, 15) is 9.18 Å². The van der Waals surface area contributed by atoms with Gasteiger partial charge in [0, 0.05) is 22.7 Å². The van der Waals surface area contributed by atoms with Crippen LogP contribution in [0.15, 0.2) is 42.5 Å². The Labute approximate surface area is 144 Å². The van der Waals surface area contributed by atoms with Crippen LogP contribution in [0.4, 0.5) is 10.1 Å². The highest BCUT2D eigenvalue weighted by Crippen LogP contribution is 2.38. The largest absolute Gasteiger partial charge is 0.322 e. The third kappa shape index (κ3) is 3.28. The van der Waals surface area contributed by atoms with Crippen LogP contribution in [-0.2, 0) is 0 Å². The van der Waals surface area contributed by atoms with Crippen LogP contribution in [0, 0.1) is 12.7 Å². The van der Waals surface area contributed by atoms with Crippen molar-refractivity contribution in [1.29, 1.82) is 0 Å². The summed E-state index contributed by atoms with van der Waals surface area (Å²) < 4.78 is 13.3. The minimum atomic E-state index is -0.321. The molecule has 4 rings (SSSR count). The molecule has 1 amide bonds. The van der Waals surface area contributed by atoms with Crippen LogP contribution >= 0.6 is 0 Å². The van der Waals surface area contributed by atoms with Gasteiger partial charge in [0.25, 0.3) is 5.91 Å². The lowest BCUT2D eigenvalue weighted by atomic mass is 10.1. The van der Waals surface area contributed by atoms with E-state index in [0.717, 1.165) is 11.4 Å². The first kappa shape index (κ1) is 15.5. The van der Waals surface area contributed by atoms with Gasteiger partial charge in [0.2, 0.25) is 0 Å². The quantitative estimate of drug-likeness (QED) is 0.755. The van der Waals surface area contributed by atoms with Crippen LogP contribution in [0.2, 0.25) is 0 Å². The molecule has 1 saturated carbocycles. The number of aromatic nitrogens is 3. The standard InChI is InChI=1S/C19H17FN4O/c1-11-10-14(6-9-16(11)20)19(25)21-15-7-4-13(5-8-15)18-22-17(23-24-18)12-2-3-12/h4-10,12H,2-3H2,1H3,(H,21,25)(H,22,23,24). The average molecular weight is 336 g/mol. The summed E-state index contributed by atoms with van der Waals surface area (Å²) >= 11 is 0. The summed E-state index contributed by atoms with van der Waals surface area (Å²) in [5, 5.41) is 10.0. The summed E-state index contributed by atoms with van der Waals surface area (Å²) in [5.74, 6) is 1.54. The molecule has 1 fully saturated rings. The van der Waals surface area contributed by atoms with Gasteiger partial charge < -0.3 is 5.32 Å². The molecule has 126 valence electrons. The van der Waals surface area contributed by atoms with E-state index in [0.29, 0.717) is 28.6 Å². The molecule has 0 atom stereocenters. The number of carbonyl (C=O) groups excluding carboxylic acids is 1. The van der Waals surface area contributed by atoms with Crippen molar-refractivity contribution in [3.63, 3.8) is 0 Å². The van der Waals surface area contributed by atoms with Gasteiger partial charge in [-0.15, -0.1) is 0 Å². The smallest absolute Gasteiger partial charge is 0.255 e. The zero-order chi connectivity index (χ0) is 17.4. The molecule has 1 heterocycles. The summed E-state index contributed by atoms with van der Waals surface area (Å²) in [7, 11) is 0. The first-order valence-electron chi connectivity index (χ1n) is 8.20. The molecule has 2 N–H and O–H groups in total. The molecule has 3 aromatic rings. The number of hydrogen-bond donors (Lipinski definition) is 2. The molecule has 0 spiro atoms. The van der Waals surface area contributed by atoms with E-state index in [2.05, 4.69) is 20.5 Å². The van der Waals surface area contributed by atoms with Crippen molar-refractivity contribution in [2.45, 2.75) is 25.7 Å². The Bertz CT molecular complexity index is 929. The van der Waals surface area contributed by atoms with Crippen LogP contribution in [0.3, 0.4) is 0 Å². The number of aromatic amines is 1.